The van der Waals surface area contributed by atoms with E-state index < -0.39 is 6.61 Å². The summed E-state index contributed by atoms with van der Waals surface area (Å²) in [5, 5.41) is 9.70. The molecule has 0 spiro atoms. The Kier molecular flexibility index (Phi) is 4.04. The lowest BCUT2D eigenvalue weighted by Gasteiger charge is -2.07. The summed E-state index contributed by atoms with van der Waals surface area (Å²) < 4.78 is 0. The summed E-state index contributed by atoms with van der Waals surface area (Å²) in [7, 11) is 0. The summed E-state index contributed by atoms with van der Waals surface area (Å²) in [4.78, 5) is 13.1. The van der Waals surface area contributed by atoms with Crippen molar-refractivity contribution in [1.29, 1.82) is 0 Å². The minimum absolute atomic E-state index is 0.352. The molecule has 0 aliphatic heterocycles. The van der Waals surface area contributed by atoms with Crippen molar-refractivity contribution in [3.05, 3.63) is 66.2 Å². The number of hydrogen-bond acceptors (Lipinski definition) is 4. The third-order valence-electron chi connectivity index (χ3n) is 3.46. The standard InChI is InChI=1S/C18H15NO2S/c19-18-16(14(21)11-20)15(12-7-3-1-4-8-12)17(22-18)13-9-5-2-6-10-13/h1-10,20H,11,19H2. The van der Waals surface area contributed by atoms with Crippen LogP contribution in [-0.2, 0) is 0 Å². The summed E-state index contributed by atoms with van der Waals surface area (Å²) >= 11 is 1.38. The Labute approximate surface area is 132 Å². The molecule has 0 aliphatic rings. The molecule has 3 nitrogen and oxygen atoms in total. The highest BCUT2D eigenvalue weighted by atomic mass is 32.1. The zero-order chi connectivity index (χ0) is 15.5. The van der Waals surface area contributed by atoms with Gasteiger partial charge in [0.25, 0.3) is 0 Å². The lowest BCUT2D eigenvalue weighted by Crippen LogP contribution is -2.07. The van der Waals surface area contributed by atoms with Crippen LogP contribution in [0.15, 0.2) is 60.7 Å². The Hall–Kier alpha value is -2.43. The summed E-state index contributed by atoms with van der Waals surface area (Å²) in [6.07, 6.45) is 0. The molecule has 0 bridgehead atoms. The number of carbonyl (C=O) groups excluding carboxylic acids is 1. The number of ketones is 1. The van der Waals surface area contributed by atoms with Crippen LogP contribution in [0.1, 0.15) is 10.4 Å². The summed E-state index contributed by atoms with van der Waals surface area (Å²) in [6, 6.07) is 19.5. The molecule has 0 aliphatic carbocycles. The smallest absolute Gasteiger partial charge is 0.191 e. The van der Waals surface area contributed by atoms with Gasteiger partial charge in [-0.25, -0.2) is 0 Å². The molecule has 2 aromatic carbocycles. The van der Waals surface area contributed by atoms with Gasteiger partial charge in [0.05, 0.1) is 10.6 Å². The van der Waals surface area contributed by atoms with E-state index in [2.05, 4.69) is 0 Å². The van der Waals surface area contributed by atoms with Crippen LogP contribution >= 0.6 is 11.3 Å². The van der Waals surface area contributed by atoms with Crippen molar-refractivity contribution in [2.45, 2.75) is 0 Å². The van der Waals surface area contributed by atoms with E-state index in [1.165, 1.54) is 11.3 Å². The molecule has 0 radical (unpaired) electrons. The van der Waals surface area contributed by atoms with Crippen molar-refractivity contribution in [2.75, 3.05) is 12.3 Å². The van der Waals surface area contributed by atoms with E-state index in [1.54, 1.807) is 0 Å². The molecule has 3 aromatic rings. The van der Waals surface area contributed by atoms with Gasteiger partial charge in [0.1, 0.15) is 6.61 Å². The molecular formula is C18H15NO2S. The molecule has 0 fully saturated rings. The molecule has 0 unspecified atom stereocenters. The Bertz CT molecular complexity index is 795. The second kappa shape index (κ2) is 6.13. The molecular weight excluding hydrogens is 294 g/mol. The Morgan fingerprint density at radius 3 is 2.05 bits per heavy atom. The Morgan fingerprint density at radius 1 is 0.955 bits per heavy atom. The van der Waals surface area contributed by atoms with E-state index in [0.717, 1.165) is 21.6 Å². The van der Waals surface area contributed by atoms with Gasteiger partial charge in [0.2, 0.25) is 0 Å². The Morgan fingerprint density at radius 2 is 1.50 bits per heavy atom. The summed E-state index contributed by atoms with van der Waals surface area (Å²) in [5.41, 5.74) is 9.23. The van der Waals surface area contributed by atoms with Crippen LogP contribution in [0.5, 0.6) is 0 Å². The van der Waals surface area contributed by atoms with Gasteiger partial charge in [0, 0.05) is 10.4 Å². The first-order valence-electron chi connectivity index (χ1n) is 6.89. The van der Waals surface area contributed by atoms with Crippen LogP contribution in [-0.4, -0.2) is 17.5 Å². The topological polar surface area (TPSA) is 63.3 Å². The third kappa shape index (κ3) is 2.54. The molecule has 3 rings (SSSR count). The normalized spacial score (nSPS) is 10.6. The van der Waals surface area contributed by atoms with Crippen LogP contribution in [0, 0.1) is 0 Å². The molecule has 3 N–H and O–H groups in total. The van der Waals surface area contributed by atoms with E-state index >= 15 is 0 Å². The maximum atomic E-state index is 12.1. The molecule has 0 saturated heterocycles. The van der Waals surface area contributed by atoms with Gasteiger partial charge in [0.15, 0.2) is 5.78 Å². The van der Waals surface area contributed by atoms with Crippen LogP contribution in [0.4, 0.5) is 5.00 Å². The van der Waals surface area contributed by atoms with Crippen LogP contribution in [0.25, 0.3) is 21.6 Å². The maximum absolute atomic E-state index is 12.1. The minimum Gasteiger partial charge on any atom is -0.390 e. The van der Waals surface area contributed by atoms with E-state index in [4.69, 9.17) is 5.73 Å². The van der Waals surface area contributed by atoms with E-state index in [9.17, 15) is 9.90 Å². The lowest BCUT2D eigenvalue weighted by atomic mass is 9.96. The predicted molar refractivity (Wildman–Crippen MR) is 91.0 cm³/mol. The van der Waals surface area contributed by atoms with Crippen LogP contribution in [0.2, 0.25) is 0 Å². The van der Waals surface area contributed by atoms with E-state index in [1.807, 2.05) is 60.7 Å². The average molecular weight is 309 g/mol. The quantitative estimate of drug-likeness (QED) is 0.720. The van der Waals surface area contributed by atoms with Crippen molar-refractivity contribution < 1.29 is 9.90 Å². The first-order valence-corrected chi connectivity index (χ1v) is 7.71. The molecule has 1 aromatic heterocycles. The number of carbonyl (C=O) groups is 1. The summed E-state index contributed by atoms with van der Waals surface area (Å²) in [6.45, 7) is -0.547. The van der Waals surface area contributed by atoms with Crippen molar-refractivity contribution in [3.8, 4) is 21.6 Å². The molecule has 1 heterocycles. The number of rotatable bonds is 4. The molecule has 110 valence electrons. The fourth-order valence-corrected chi connectivity index (χ4v) is 3.59. The van der Waals surface area contributed by atoms with E-state index in [0.29, 0.717) is 10.6 Å². The van der Waals surface area contributed by atoms with Crippen molar-refractivity contribution >= 4 is 22.1 Å². The maximum Gasteiger partial charge on any atom is 0.191 e. The number of aliphatic hydroxyl groups is 1. The highest BCUT2D eigenvalue weighted by Crippen LogP contribution is 2.44. The fourth-order valence-electron chi connectivity index (χ4n) is 2.48. The van der Waals surface area contributed by atoms with Gasteiger partial charge in [-0.3, -0.25) is 4.79 Å². The SMILES string of the molecule is Nc1sc(-c2ccccc2)c(-c2ccccc2)c1C(=O)CO. The number of anilines is 1. The second-order valence-electron chi connectivity index (χ2n) is 4.86. The average Bonchev–Trinajstić information content (AvgIpc) is 2.93. The number of nitrogen functional groups attached to an aromatic ring is 1. The molecule has 0 atom stereocenters. The lowest BCUT2D eigenvalue weighted by molar-refractivity contribution is 0.0905. The molecule has 22 heavy (non-hydrogen) atoms. The largest absolute Gasteiger partial charge is 0.390 e. The fraction of sp³-hybridized carbons (Fsp3) is 0.0556. The van der Waals surface area contributed by atoms with Gasteiger partial charge in [-0.15, -0.1) is 11.3 Å². The van der Waals surface area contributed by atoms with Crippen LogP contribution in [0.3, 0.4) is 0 Å². The second-order valence-corrected chi connectivity index (χ2v) is 5.91. The first kappa shape index (κ1) is 14.5. The predicted octanol–water partition coefficient (Wildman–Crippen LogP) is 3.84. The van der Waals surface area contributed by atoms with Gasteiger partial charge in [-0.2, -0.15) is 0 Å². The molecule has 0 amide bonds. The highest BCUT2D eigenvalue weighted by molar-refractivity contribution is 7.20. The number of thiophene rings is 1. The van der Waals surface area contributed by atoms with Crippen molar-refractivity contribution in [2.24, 2.45) is 0 Å². The molecule has 0 saturated carbocycles. The number of benzene rings is 2. The summed E-state index contributed by atoms with van der Waals surface area (Å²) in [5.74, 6) is -0.352. The number of nitrogens with two attached hydrogens (primary N) is 1. The van der Waals surface area contributed by atoms with Crippen molar-refractivity contribution in [3.63, 3.8) is 0 Å². The number of aliphatic hydroxyl groups excluding tert-OH is 1. The van der Waals surface area contributed by atoms with Gasteiger partial charge >= 0.3 is 0 Å². The van der Waals surface area contributed by atoms with E-state index in [-0.39, 0.29) is 5.78 Å². The Balaban J connectivity index is 2.30. The van der Waals surface area contributed by atoms with Gasteiger partial charge in [-0.05, 0) is 11.1 Å². The van der Waals surface area contributed by atoms with Gasteiger partial charge < -0.3 is 10.8 Å². The minimum atomic E-state index is -0.547. The highest BCUT2D eigenvalue weighted by Gasteiger charge is 2.23. The van der Waals surface area contributed by atoms with Gasteiger partial charge in [-0.1, -0.05) is 60.7 Å². The zero-order valence-electron chi connectivity index (χ0n) is 11.8. The number of hydrogen-bond donors (Lipinski definition) is 2. The zero-order valence-corrected chi connectivity index (χ0v) is 12.6. The monoisotopic (exact) mass is 309 g/mol. The van der Waals surface area contributed by atoms with Crippen molar-refractivity contribution in [1.82, 2.24) is 0 Å². The third-order valence-corrected chi connectivity index (χ3v) is 4.52. The molecule has 4 heteroatoms. The number of Topliss-reactive ketones (excluding diaryl/α,β-unsaturated/α-hetero) is 1. The first-order chi connectivity index (χ1) is 10.7. The van der Waals surface area contributed by atoms with Crippen LogP contribution < -0.4 is 5.73 Å².